The second kappa shape index (κ2) is 5.98. The zero-order valence-corrected chi connectivity index (χ0v) is 14.3. The zero-order valence-electron chi connectivity index (χ0n) is 14.3. The van der Waals surface area contributed by atoms with Gasteiger partial charge in [0.05, 0.1) is 0 Å². The molecule has 0 aliphatic heterocycles. The highest BCUT2D eigenvalue weighted by atomic mass is 15.1. The molecular weight excluding hydrogens is 248 g/mol. The van der Waals surface area contributed by atoms with E-state index < -0.39 is 0 Å². The van der Waals surface area contributed by atoms with E-state index in [1.807, 2.05) is 7.05 Å². The molecule has 0 aliphatic rings. The van der Waals surface area contributed by atoms with Gasteiger partial charge in [0.2, 0.25) is 0 Å². The third-order valence-electron chi connectivity index (χ3n) is 3.22. The molecule has 0 amide bonds. The molecule has 1 aromatic rings. The van der Waals surface area contributed by atoms with Crippen LogP contribution in [0.15, 0.2) is 0 Å². The standard InChI is InChI=1S/C16H30N4/c1-11-12(17-8)19-14(16(5,6)7)20-13(11)18-10-9-15(2,3)4/h9-10H2,1-8H3,(H2,17,18,19,20). The zero-order chi connectivity index (χ0) is 15.6. The molecule has 0 unspecified atom stereocenters. The first-order valence-electron chi connectivity index (χ1n) is 7.35. The molecule has 0 aliphatic carbocycles. The van der Waals surface area contributed by atoms with E-state index in [0.717, 1.165) is 36.0 Å². The van der Waals surface area contributed by atoms with Crippen molar-refractivity contribution in [2.24, 2.45) is 5.41 Å². The van der Waals surface area contributed by atoms with Crippen LogP contribution in [0.4, 0.5) is 11.6 Å². The Kier molecular flexibility index (Phi) is 5.00. The monoisotopic (exact) mass is 278 g/mol. The van der Waals surface area contributed by atoms with Gasteiger partial charge in [-0.3, -0.25) is 0 Å². The van der Waals surface area contributed by atoms with Crippen LogP contribution in [0.2, 0.25) is 0 Å². The summed E-state index contributed by atoms with van der Waals surface area (Å²) in [5.74, 6) is 2.72. The summed E-state index contributed by atoms with van der Waals surface area (Å²) in [5, 5.41) is 6.63. The number of anilines is 2. The molecule has 4 heteroatoms. The summed E-state index contributed by atoms with van der Waals surface area (Å²) in [6.45, 7) is 16.1. The van der Waals surface area contributed by atoms with E-state index in [2.05, 4.69) is 64.1 Å². The fourth-order valence-corrected chi connectivity index (χ4v) is 1.82. The fraction of sp³-hybridized carbons (Fsp3) is 0.750. The summed E-state index contributed by atoms with van der Waals surface area (Å²) >= 11 is 0. The van der Waals surface area contributed by atoms with Gasteiger partial charge in [0, 0.05) is 24.6 Å². The van der Waals surface area contributed by atoms with Gasteiger partial charge in [-0.05, 0) is 18.8 Å². The predicted octanol–water partition coefficient (Wildman–Crippen LogP) is 3.97. The van der Waals surface area contributed by atoms with E-state index in [4.69, 9.17) is 4.98 Å². The van der Waals surface area contributed by atoms with Crippen molar-refractivity contribution in [3.8, 4) is 0 Å². The Balaban J connectivity index is 3.00. The average Bonchev–Trinajstić information content (AvgIpc) is 2.28. The Morgan fingerprint density at radius 1 is 0.950 bits per heavy atom. The SMILES string of the molecule is CNc1nc(C(C)(C)C)nc(NCCC(C)(C)C)c1C. The minimum Gasteiger partial charge on any atom is -0.373 e. The van der Waals surface area contributed by atoms with Crippen molar-refractivity contribution in [2.45, 2.75) is 60.3 Å². The van der Waals surface area contributed by atoms with Crippen molar-refractivity contribution in [3.63, 3.8) is 0 Å². The van der Waals surface area contributed by atoms with Gasteiger partial charge in [0.15, 0.2) is 0 Å². The van der Waals surface area contributed by atoms with Crippen LogP contribution >= 0.6 is 0 Å². The maximum absolute atomic E-state index is 4.71. The Labute approximate surface area is 123 Å². The van der Waals surface area contributed by atoms with Gasteiger partial charge in [-0.15, -0.1) is 0 Å². The number of rotatable bonds is 4. The van der Waals surface area contributed by atoms with Crippen molar-refractivity contribution in [1.82, 2.24) is 9.97 Å². The lowest BCUT2D eigenvalue weighted by molar-refractivity contribution is 0.389. The number of aromatic nitrogens is 2. The number of hydrogen-bond acceptors (Lipinski definition) is 4. The van der Waals surface area contributed by atoms with Crippen molar-refractivity contribution in [3.05, 3.63) is 11.4 Å². The molecule has 0 radical (unpaired) electrons. The molecule has 114 valence electrons. The van der Waals surface area contributed by atoms with Crippen molar-refractivity contribution >= 4 is 11.6 Å². The van der Waals surface area contributed by atoms with Gasteiger partial charge in [0.25, 0.3) is 0 Å². The van der Waals surface area contributed by atoms with E-state index >= 15 is 0 Å². The van der Waals surface area contributed by atoms with Crippen molar-refractivity contribution in [1.29, 1.82) is 0 Å². The largest absolute Gasteiger partial charge is 0.373 e. The maximum Gasteiger partial charge on any atom is 0.138 e. The van der Waals surface area contributed by atoms with Gasteiger partial charge < -0.3 is 10.6 Å². The summed E-state index contributed by atoms with van der Waals surface area (Å²) in [7, 11) is 1.90. The lowest BCUT2D eigenvalue weighted by atomic mass is 9.92. The molecule has 0 atom stereocenters. The Bertz CT molecular complexity index is 453. The second-order valence-electron chi connectivity index (χ2n) is 7.61. The van der Waals surface area contributed by atoms with Crippen LogP contribution in [-0.4, -0.2) is 23.6 Å². The van der Waals surface area contributed by atoms with Crippen LogP contribution in [0.3, 0.4) is 0 Å². The maximum atomic E-state index is 4.71. The van der Waals surface area contributed by atoms with Crippen LogP contribution in [0, 0.1) is 12.3 Å². The number of nitrogens with zero attached hydrogens (tertiary/aromatic N) is 2. The minimum absolute atomic E-state index is 0.0558. The molecule has 1 heterocycles. The Morgan fingerprint density at radius 2 is 1.50 bits per heavy atom. The van der Waals surface area contributed by atoms with Crippen LogP contribution < -0.4 is 10.6 Å². The molecule has 0 fully saturated rings. The van der Waals surface area contributed by atoms with Gasteiger partial charge in [-0.25, -0.2) is 9.97 Å². The van der Waals surface area contributed by atoms with Crippen molar-refractivity contribution in [2.75, 3.05) is 24.2 Å². The molecule has 4 nitrogen and oxygen atoms in total. The molecule has 0 aromatic carbocycles. The molecule has 1 aromatic heterocycles. The molecule has 0 saturated carbocycles. The Morgan fingerprint density at radius 3 is 1.95 bits per heavy atom. The fourth-order valence-electron chi connectivity index (χ4n) is 1.82. The minimum atomic E-state index is -0.0558. The van der Waals surface area contributed by atoms with Gasteiger partial charge in [0.1, 0.15) is 17.5 Å². The van der Waals surface area contributed by atoms with Crippen molar-refractivity contribution < 1.29 is 0 Å². The third-order valence-corrected chi connectivity index (χ3v) is 3.22. The molecule has 0 saturated heterocycles. The highest BCUT2D eigenvalue weighted by Crippen LogP contribution is 2.26. The summed E-state index contributed by atoms with van der Waals surface area (Å²) in [6, 6.07) is 0. The topological polar surface area (TPSA) is 49.8 Å². The van der Waals surface area contributed by atoms with E-state index in [1.54, 1.807) is 0 Å². The second-order valence-corrected chi connectivity index (χ2v) is 7.61. The normalized spacial score (nSPS) is 12.4. The van der Waals surface area contributed by atoms with Crippen LogP contribution in [0.5, 0.6) is 0 Å². The van der Waals surface area contributed by atoms with Gasteiger partial charge in [-0.1, -0.05) is 41.5 Å². The number of hydrogen-bond donors (Lipinski definition) is 2. The van der Waals surface area contributed by atoms with E-state index in [0.29, 0.717) is 5.41 Å². The average molecular weight is 278 g/mol. The lowest BCUT2D eigenvalue weighted by Crippen LogP contribution is -2.20. The van der Waals surface area contributed by atoms with Crippen LogP contribution in [-0.2, 0) is 5.41 Å². The number of nitrogens with one attached hydrogen (secondary N) is 2. The molecule has 0 spiro atoms. The summed E-state index contributed by atoms with van der Waals surface area (Å²) in [4.78, 5) is 9.33. The smallest absolute Gasteiger partial charge is 0.138 e. The van der Waals surface area contributed by atoms with Gasteiger partial charge >= 0.3 is 0 Å². The van der Waals surface area contributed by atoms with Crippen LogP contribution in [0.1, 0.15) is 59.4 Å². The molecular formula is C16H30N4. The molecule has 2 N–H and O–H groups in total. The Hall–Kier alpha value is -1.32. The quantitative estimate of drug-likeness (QED) is 0.875. The van der Waals surface area contributed by atoms with E-state index in [-0.39, 0.29) is 5.41 Å². The lowest BCUT2D eigenvalue weighted by Gasteiger charge is -2.22. The van der Waals surface area contributed by atoms with Crippen LogP contribution in [0.25, 0.3) is 0 Å². The van der Waals surface area contributed by atoms with Gasteiger partial charge in [-0.2, -0.15) is 0 Å². The first kappa shape index (κ1) is 16.7. The molecule has 1 rings (SSSR count). The summed E-state index contributed by atoms with van der Waals surface area (Å²) in [5.41, 5.74) is 1.35. The predicted molar refractivity (Wildman–Crippen MR) is 87.6 cm³/mol. The molecule has 20 heavy (non-hydrogen) atoms. The highest BCUT2D eigenvalue weighted by Gasteiger charge is 2.21. The summed E-state index contributed by atoms with van der Waals surface area (Å²) in [6.07, 6.45) is 1.11. The van der Waals surface area contributed by atoms with E-state index in [9.17, 15) is 0 Å². The first-order valence-corrected chi connectivity index (χ1v) is 7.35. The third kappa shape index (κ3) is 4.66. The first-order chi connectivity index (χ1) is 9.04. The van der Waals surface area contributed by atoms with E-state index in [1.165, 1.54) is 0 Å². The summed E-state index contributed by atoms with van der Waals surface area (Å²) < 4.78 is 0. The molecule has 0 bridgehead atoms. The highest BCUT2D eigenvalue weighted by molar-refractivity contribution is 5.57.